The lowest BCUT2D eigenvalue weighted by Crippen LogP contribution is -2.42. The lowest BCUT2D eigenvalue weighted by atomic mass is 9.74. The van der Waals surface area contributed by atoms with Crippen molar-refractivity contribution in [3.05, 3.63) is 18.0 Å². The number of nitrogens with one attached hydrogen (secondary N) is 1. The maximum absolute atomic E-state index is 12.9. The van der Waals surface area contributed by atoms with Crippen LogP contribution >= 0.6 is 0 Å². The molecule has 1 amide bonds. The number of carbonyl (C=O) groups is 1. The fourth-order valence-corrected chi connectivity index (χ4v) is 4.67. The summed E-state index contributed by atoms with van der Waals surface area (Å²) >= 11 is 0. The van der Waals surface area contributed by atoms with Gasteiger partial charge in [-0.05, 0) is 44.6 Å². The summed E-state index contributed by atoms with van der Waals surface area (Å²) < 4.78 is 2.22. The normalized spacial score (nSPS) is 19.7. The van der Waals surface area contributed by atoms with Gasteiger partial charge in [0.1, 0.15) is 11.3 Å². The van der Waals surface area contributed by atoms with Gasteiger partial charge < -0.3 is 14.8 Å². The Labute approximate surface area is 161 Å². The summed E-state index contributed by atoms with van der Waals surface area (Å²) in [5.74, 6) is 0.734. The molecule has 0 unspecified atom stereocenters. The Morgan fingerprint density at radius 2 is 2.00 bits per heavy atom. The first kappa shape index (κ1) is 18.3. The highest BCUT2D eigenvalue weighted by Crippen LogP contribution is 2.45. The Balaban J connectivity index is 1.78. The third kappa shape index (κ3) is 3.19. The molecule has 1 N–H and O–H groups in total. The van der Waals surface area contributed by atoms with E-state index >= 15 is 0 Å². The zero-order valence-electron chi connectivity index (χ0n) is 16.8. The van der Waals surface area contributed by atoms with Crippen LogP contribution in [-0.2, 0) is 5.54 Å². The second-order valence-electron chi connectivity index (χ2n) is 8.45. The van der Waals surface area contributed by atoms with Crippen molar-refractivity contribution in [1.82, 2.24) is 19.4 Å². The van der Waals surface area contributed by atoms with Crippen LogP contribution in [0.25, 0.3) is 11.0 Å². The van der Waals surface area contributed by atoms with Crippen LogP contribution in [0.2, 0.25) is 0 Å². The Hall–Kier alpha value is -2.11. The third-order valence-corrected chi connectivity index (χ3v) is 6.52. The van der Waals surface area contributed by atoms with Crippen molar-refractivity contribution in [3.8, 4) is 0 Å². The molecule has 0 radical (unpaired) electrons. The lowest BCUT2D eigenvalue weighted by Gasteiger charge is -2.44. The number of amides is 1. The van der Waals surface area contributed by atoms with E-state index in [0.29, 0.717) is 12.0 Å². The summed E-state index contributed by atoms with van der Waals surface area (Å²) in [6.45, 7) is 2.22. The first-order valence-corrected chi connectivity index (χ1v) is 10.4. The standard InChI is InChI=1S/C21H31N5O/c1-4-21(11-8-12-21)26-17(19(27)25(2)3)13-15-14-22-20(24-18(15)26)23-16-9-6-5-7-10-16/h13-14,16H,4-12H2,1-3H3,(H,22,23,24). The molecule has 2 heterocycles. The smallest absolute Gasteiger partial charge is 0.270 e. The third-order valence-electron chi connectivity index (χ3n) is 6.52. The van der Waals surface area contributed by atoms with Crippen LogP contribution in [0.4, 0.5) is 5.95 Å². The number of rotatable bonds is 5. The monoisotopic (exact) mass is 369 g/mol. The molecular weight excluding hydrogens is 338 g/mol. The molecule has 0 bridgehead atoms. The minimum absolute atomic E-state index is 0.0131. The second kappa shape index (κ2) is 7.13. The molecule has 0 saturated heterocycles. The van der Waals surface area contributed by atoms with E-state index < -0.39 is 0 Å². The van der Waals surface area contributed by atoms with Crippen LogP contribution in [0.15, 0.2) is 12.3 Å². The van der Waals surface area contributed by atoms with Crippen molar-refractivity contribution in [2.75, 3.05) is 19.4 Å². The quantitative estimate of drug-likeness (QED) is 0.859. The molecule has 0 atom stereocenters. The number of anilines is 1. The van der Waals surface area contributed by atoms with Crippen molar-refractivity contribution in [1.29, 1.82) is 0 Å². The topological polar surface area (TPSA) is 63.1 Å². The largest absolute Gasteiger partial charge is 0.351 e. The Kier molecular flexibility index (Phi) is 4.82. The molecule has 2 aromatic rings. The first-order valence-electron chi connectivity index (χ1n) is 10.4. The maximum atomic E-state index is 12.9. The fourth-order valence-electron chi connectivity index (χ4n) is 4.67. The molecule has 146 valence electrons. The van der Waals surface area contributed by atoms with E-state index in [9.17, 15) is 4.79 Å². The van der Waals surface area contributed by atoms with Gasteiger partial charge in [-0.2, -0.15) is 4.98 Å². The van der Waals surface area contributed by atoms with Crippen LogP contribution in [0, 0.1) is 0 Å². The minimum Gasteiger partial charge on any atom is -0.351 e. The molecule has 2 aliphatic carbocycles. The van der Waals surface area contributed by atoms with E-state index in [4.69, 9.17) is 4.98 Å². The van der Waals surface area contributed by atoms with Gasteiger partial charge >= 0.3 is 0 Å². The maximum Gasteiger partial charge on any atom is 0.270 e. The molecule has 2 aliphatic rings. The van der Waals surface area contributed by atoms with Crippen molar-refractivity contribution in [2.24, 2.45) is 0 Å². The predicted octanol–water partition coefficient (Wildman–Crippen LogP) is 4.17. The summed E-state index contributed by atoms with van der Waals surface area (Å²) in [5.41, 5.74) is 1.65. The first-order chi connectivity index (χ1) is 13.0. The Bertz CT molecular complexity index is 825. The van der Waals surface area contributed by atoms with Gasteiger partial charge in [-0.15, -0.1) is 0 Å². The highest BCUT2D eigenvalue weighted by molar-refractivity contribution is 5.98. The number of fused-ring (bicyclic) bond motifs is 1. The Morgan fingerprint density at radius 3 is 2.59 bits per heavy atom. The van der Waals surface area contributed by atoms with Crippen LogP contribution < -0.4 is 5.32 Å². The number of hydrogen-bond donors (Lipinski definition) is 1. The van der Waals surface area contributed by atoms with Gasteiger partial charge in [0.2, 0.25) is 5.95 Å². The minimum atomic E-state index is 0.0131. The Morgan fingerprint density at radius 1 is 1.26 bits per heavy atom. The van der Waals surface area contributed by atoms with Crippen LogP contribution in [0.5, 0.6) is 0 Å². The molecule has 4 rings (SSSR count). The summed E-state index contributed by atoms with van der Waals surface area (Å²) in [6.07, 6.45) is 12.6. The van der Waals surface area contributed by atoms with Gasteiger partial charge in [0, 0.05) is 37.3 Å². The van der Waals surface area contributed by atoms with Crippen molar-refractivity contribution >= 4 is 22.9 Å². The number of nitrogens with zero attached hydrogens (tertiary/aromatic N) is 4. The molecule has 27 heavy (non-hydrogen) atoms. The molecule has 2 fully saturated rings. The fraction of sp³-hybridized carbons (Fsp3) is 0.667. The van der Waals surface area contributed by atoms with Crippen molar-refractivity contribution in [3.63, 3.8) is 0 Å². The van der Waals surface area contributed by atoms with E-state index in [1.165, 1.54) is 38.5 Å². The van der Waals surface area contributed by atoms with Gasteiger partial charge in [0.15, 0.2) is 0 Å². The number of hydrogen-bond acceptors (Lipinski definition) is 4. The van der Waals surface area contributed by atoms with Crippen LogP contribution in [0.1, 0.15) is 75.2 Å². The van der Waals surface area contributed by atoms with Crippen molar-refractivity contribution < 1.29 is 4.79 Å². The van der Waals surface area contributed by atoms with E-state index in [0.717, 1.165) is 36.0 Å². The van der Waals surface area contributed by atoms with Gasteiger partial charge in [0.05, 0.1) is 0 Å². The SMILES string of the molecule is CCC1(n2c(C(=O)N(C)C)cc3cnc(NC4CCCCC4)nc32)CCC1. The van der Waals surface area contributed by atoms with Gasteiger partial charge in [-0.3, -0.25) is 4.79 Å². The molecule has 2 aromatic heterocycles. The summed E-state index contributed by atoms with van der Waals surface area (Å²) in [5, 5.41) is 4.49. The molecule has 2 saturated carbocycles. The molecule has 6 heteroatoms. The van der Waals surface area contributed by atoms with Gasteiger partial charge in [-0.1, -0.05) is 26.2 Å². The van der Waals surface area contributed by atoms with Crippen molar-refractivity contribution in [2.45, 2.75) is 76.3 Å². The molecule has 0 aliphatic heterocycles. The number of aromatic nitrogens is 3. The average molecular weight is 370 g/mol. The molecule has 6 nitrogen and oxygen atoms in total. The van der Waals surface area contributed by atoms with Gasteiger partial charge in [0.25, 0.3) is 5.91 Å². The summed E-state index contributed by atoms with van der Waals surface area (Å²) in [6, 6.07) is 2.43. The number of carbonyl (C=O) groups excluding carboxylic acids is 1. The summed E-state index contributed by atoms with van der Waals surface area (Å²) in [4.78, 5) is 24.0. The molecular formula is C21H31N5O. The van der Waals surface area contributed by atoms with E-state index in [1.54, 1.807) is 4.90 Å². The van der Waals surface area contributed by atoms with E-state index in [2.05, 4.69) is 21.8 Å². The van der Waals surface area contributed by atoms with Crippen LogP contribution in [0.3, 0.4) is 0 Å². The zero-order valence-corrected chi connectivity index (χ0v) is 16.8. The predicted molar refractivity (Wildman–Crippen MR) is 108 cm³/mol. The average Bonchev–Trinajstić information content (AvgIpc) is 3.01. The van der Waals surface area contributed by atoms with Crippen LogP contribution in [-0.4, -0.2) is 45.5 Å². The highest BCUT2D eigenvalue weighted by atomic mass is 16.2. The second-order valence-corrected chi connectivity index (χ2v) is 8.45. The van der Waals surface area contributed by atoms with Gasteiger partial charge in [-0.25, -0.2) is 4.98 Å². The zero-order chi connectivity index (χ0) is 19.0. The molecule has 0 aromatic carbocycles. The van der Waals surface area contributed by atoms with E-state index in [1.807, 2.05) is 26.4 Å². The molecule has 0 spiro atoms. The van der Waals surface area contributed by atoms with E-state index in [-0.39, 0.29) is 11.4 Å². The summed E-state index contributed by atoms with van der Waals surface area (Å²) in [7, 11) is 3.62. The lowest BCUT2D eigenvalue weighted by molar-refractivity contribution is 0.0780. The highest BCUT2D eigenvalue weighted by Gasteiger charge is 2.41.